The molecule has 0 saturated carbocycles. The summed E-state index contributed by atoms with van der Waals surface area (Å²) in [7, 11) is 0. The van der Waals surface area contributed by atoms with Crippen molar-refractivity contribution in [3.63, 3.8) is 0 Å². The van der Waals surface area contributed by atoms with Crippen LogP contribution >= 0.6 is 11.3 Å². The van der Waals surface area contributed by atoms with Gasteiger partial charge in [-0.2, -0.15) is 5.26 Å². The minimum absolute atomic E-state index is 0.148. The summed E-state index contributed by atoms with van der Waals surface area (Å²) in [5, 5.41) is 13.3. The molecule has 1 aromatic heterocycles. The topological polar surface area (TPSA) is 52.9 Å². The maximum Gasteiger partial charge on any atom is 0.256 e. The first-order valence-corrected chi connectivity index (χ1v) is 10.1. The number of carbonyl (C=O) groups excluding carboxylic acids is 1. The molecule has 3 nitrogen and oxygen atoms in total. The number of rotatable bonds is 4. The van der Waals surface area contributed by atoms with E-state index < -0.39 is 0 Å². The number of fused-ring (bicyclic) bond motifs is 1. The Morgan fingerprint density at radius 3 is 2.65 bits per heavy atom. The van der Waals surface area contributed by atoms with E-state index in [4.69, 9.17) is 0 Å². The number of nitriles is 1. The SMILES string of the molecule is CCC(C)(C)C1CCc2c(sc(NC(=O)c3ccc(C)cc3)c2C#N)C1. The van der Waals surface area contributed by atoms with Gasteiger partial charge in [-0.25, -0.2) is 0 Å². The predicted octanol–water partition coefficient (Wildman–Crippen LogP) is 5.72. The van der Waals surface area contributed by atoms with Crippen molar-refractivity contribution in [2.24, 2.45) is 11.3 Å². The molecule has 26 heavy (non-hydrogen) atoms. The Kier molecular flexibility index (Phi) is 5.20. The van der Waals surface area contributed by atoms with Gasteiger partial charge in [0, 0.05) is 10.4 Å². The number of nitrogens with one attached hydrogen (secondary N) is 1. The molecule has 136 valence electrons. The highest BCUT2D eigenvalue weighted by atomic mass is 32.1. The average Bonchev–Trinajstić information content (AvgIpc) is 2.98. The van der Waals surface area contributed by atoms with E-state index in [0.29, 0.717) is 27.5 Å². The third-order valence-electron chi connectivity index (χ3n) is 5.93. The van der Waals surface area contributed by atoms with Gasteiger partial charge in [-0.3, -0.25) is 4.79 Å². The van der Waals surface area contributed by atoms with Crippen LogP contribution in [0.15, 0.2) is 24.3 Å². The quantitative estimate of drug-likeness (QED) is 0.752. The van der Waals surface area contributed by atoms with E-state index in [2.05, 4.69) is 32.2 Å². The highest BCUT2D eigenvalue weighted by Crippen LogP contribution is 2.45. The van der Waals surface area contributed by atoms with Gasteiger partial charge in [-0.1, -0.05) is 44.9 Å². The van der Waals surface area contributed by atoms with Crippen molar-refractivity contribution in [3.8, 4) is 6.07 Å². The second kappa shape index (κ2) is 7.25. The molecule has 1 N–H and O–H groups in total. The Hall–Kier alpha value is -2.12. The summed E-state index contributed by atoms with van der Waals surface area (Å²) < 4.78 is 0. The van der Waals surface area contributed by atoms with Gasteiger partial charge in [-0.15, -0.1) is 11.3 Å². The van der Waals surface area contributed by atoms with Crippen molar-refractivity contribution in [2.45, 2.75) is 53.4 Å². The molecular weight excluding hydrogens is 340 g/mol. The molecule has 0 fully saturated rings. The van der Waals surface area contributed by atoms with Crippen molar-refractivity contribution in [1.29, 1.82) is 5.26 Å². The Balaban J connectivity index is 1.85. The Morgan fingerprint density at radius 1 is 1.35 bits per heavy atom. The summed E-state index contributed by atoms with van der Waals surface area (Å²) in [5.41, 5.74) is 3.86. The molecule has 1 aliphatic rings. The van der Waals surface area contributed by atoms with Gasteiger partial charge in [0.1, 0.15) is 11.1 Å². The summed E-state index contributed by atoms with van der Waals surface area (Å²) in [4.78, 5) is 13.8. The minimum atomic E-state index is -0.148. The molecule has 2 aromatic rings. The van der Waals surface area contributed by atoms with Crippen molar-refractivity contribution >= 4 is 22.2 Å². The van der Waals surface area contributed by atoms with Gasteiger partial charge in [0.15, 0.2) is 0 Å². The van der Waals surface area contributed by atoms with Crippen molar-refractivity contribution < 1.29 is 4.79 Å². The molecule has 0 bridgehead atoms. The molecular formula is C22H26N2OS. The number of anilines is 1. The van der Waals surface area contributed by atoms with Gasteiger partial charge in [0.05, 0.1) is 5.56 Å². The van der Waals surface area contributed by atoms with E-state index in [1.54, 1.807) is 11.3 Å². The molecule has 0 radical (unpaired) electrons. The smallest absolute Gasteiger partial charge is 0.256 e. The van der Waals surface area contributed by atoms with Crippen LogP contribution in [0.4, 0.5) is 5.00 Å². The number of carbonyl (C=O) groups is 1. The first-order valence-electron chi connectivity index (χ1n) is 9.28. The molecule has 0 saturated heterocycles. The fourth-order valence-electron chi connectivity index (χ4n) is 3.63. The molecule has 1 amide bonds. The van der Waals surface area contributed by atoms with Crippen LogP contribution in [0.3, 0.4) is 0 Å². The van der Waals surface area contributed by atoms with Crippen LogP contribution in [0.25, 0.3) is 0 Å². The minimum Gasteiger partial charge on any atom is -0.312 e. The molecule has 1 aliphatic carbocycles. The lowest BCUT2D eigenvalue weighted by molar-refractivity contribution is 0.102. The van der Waals surface area contributed by atoms with Crippen LogP contribution < -0.4 is 5.32 Å². The zero-order chi connectivity index (χ0) is 18.9. The average molecular weight is 367 g/mol. The molecule has 1 heterocycles. The largest absolute Gasteiger partial charge is 0.312 e. The summed E-state index contributed by atoms with van der Waals surface area (Å²) in [6.07, 6.45) is 4.21. The fraction of sp³-hybridized carbons (Fsp3) is 0.455. The second-order valence-corrected chi connectivity index (χ2v) is 9.03. The number of amides is 1. The number of aryl methyl sites for hydroxylation is 1. The fourth-order valence-corrected chi connectivity index (χ4v) is 4.90. The lowest BCUT2D eigenvalue weighted by atomic mass is 9.69. The highest BCUT2D eigenvalue weighted by molar-refractivity contribution is 7.16. The van der Waals surface area contributed by atoms with Crippen LogP contribution in [0.1, 0.15) is 65.5 Å². The van der Waals surface area contributed by atoms with E-state index in [1.807, 2.05) is 31.2 Å². The summed E-state index contributed by atoms with van der Waals surface area (Å²) >= 11 is 1.59. The zero-order valence-electron chi connectivity index (χ0n) is 16.0. The monoisotopic (exact) mass is 366 g/mol. The molecule has 4 heteroatoms. The maximum absolute atomic E-state index is 12.6. The third kappa shape index (κ3) is 3.54. The summed E-state index contributed by atoms with van der Waals surface area (Å²) in [6.45, 7) is 8.91. The van der Waals surface area contributed by atoms with E-state index in [9.17, 15) is 10.1 Å². The van der Waals surface area contributed by atoms with E-state index >= 15 is 0 Å². The van der Waals surface area contributed by atoms with E-state index in [1.165, 1.54) is 4.88 Å². The number of hydrogen-bond acceptors (Lipinski definition) is 3. The zero-order valence-corrected chi connectivity index (χ0v) is 16.8. The van der Waals surface area contributed by atoms with E-state index in [0.717, 1.165) is 36.8 Å². The van der Waals surface area contributed by atoms with Crippen LogP contribution in [-0.4, -0.2) is 5.91 Å². The first kappa shape index (κ1) is 18.7. The number of hydrogen-bond donors (Lipinski definition) is 1. The Labute approximate surface area is 160 Å². The van der Waals surface area contributed by atoms with Crippen LogP contribution in [0.2, 0.25) is 0 Å². The van der Waals surface area contributed by atoms with Gasteiger partial charge in [0.25, 0.3) is 5.91 Å². The van der Waals surface area contributed by atoms with Crippen LogP contribution in [0.5, 0.6) is 0 Å². The summed E-state index contributed by atoms with van der Waals surface area (Å²) in [6, 6.07) is 9.83. The molecule has 0 spiro atoms. The van der Waals surface area contributed by atoms with Crippen LogP contribution in [0, 0.1) is 29.6 Å². The molecule has 1 unspecified atom stereocenters. The maximum atomic E-state index is 12.6. The first-order chi connectivity index (χ1) is 12.4. The molecule has 0 aliphatic heterocycles. The summed E-state index contributed by atoms with van der Waals surface area (Å²) in [5.74, 6) is 0.483. The van der Waals surface area contributed by atoms with Crippen molar-refractivity contribution in [3.05, 3.63) is 51.4 Å². The van der Waals surface area contributed by atoms with Gasteiger partial charge < -0.3 is 5.32 Å². The standard InChI is InChI=1S/C22H26N2OS/c1-5-22(3,4)16-10-11-17-18(13-23)21(26-19(17)12-16)24-20(25)15-8-6-14(2)7-9-15/h6-9,16H,5,10-12H2,1-4H3,(H,24,25). The van der Waals surface area contributed by atoms with Gasteiger partial charge >= 0.3 is 0 Å². The van der Waals surface area contributed by atoms with Crippen LogP contribution in [-0.2, 0) is 12.8 Å². The van der Waals surface area contributed by atoms with Crippen molar-refractivity contribution in [1.82, 2.24) is 0 Å². The lowest BCUT2D eigenvalue weighted by Gasteiger charge is -2.36. The molecule has 1 atom stereocenters. The van der Waals surface area contributed by atoms with Gasteiger partial charge in [0.2, 0.25) is 0 Å². The van der Waals surface area contributed by atoms with Crippen molar-refractivity contribution in [2.75, 3.05) is 5.32 Å². The normalized spacial score (nSPS) is 16.7. The number of benzene rings is 1. The Bertz CT molecular complexity index is 856. The number of thiophene rings is 1. The lowest BCUT2D eigenvalue weighted by Crippen LogP contribution is -2.28. The highest BCUT2D eigenvalue weighted by Gasteiger charge is 2.34. The van der Waals surface area contributed by atoms with E-state index in [-0.39, 0.29) is 5.91 Å². The molecule has 1 aromatic carbocycles. The molecule has 3 rings (SSSR count). The Morgan fingerprint density at radius 2 is 2.04 bits per heavy atom. The number of nitrogens with zero attached hydrogens (tertiary/aromatic N) is 1. The third-order valence-corrected chi connectivity index (χ3v) is 7.10. The predicted molar refractivity (Wildman–Crippen MR) is 108 cm³/mol. The second-order valence-electron chi connectivity index (χ2n) is 7.92. The van der Waals surface area contributed by atoms with Gasteiger partial charge in [-0.05, 0) is 55.2 Å².